The minimum atomic E-state index is 0.313. The molecule has 0 spiro atoms. The first kappa shape index (κ1) is 11.8. The van der Waals surface area contributed by atoms with Crippen molar-refractivity contribution < 1.29 is 4.74 Å². The van der Waals surface area contributed by atoms with Crippen molar-refractivity contribution >= 4 is 11.8 Å². The number of nitrogen functional groups attached to an aromatic ring is 1. The topological polar surface area (TPSA) is 64.3 Å². The lowest BCUT2D eigenvalue weighted by Crippen LogP contribution is -2.26. The van der Waals surface area contributed by atoms with E-state index in [4.69, 9.17) is 10.5 Å². The Morgan fingerprint density at radius 3 is 2.95 bits per heavy atom. The number of ether oxygens (including phenoxy) is 1. The first-order chi connectivity index (χ1) is 9.22. The molecule has 0 saturated carbocycles. The average Bonchev–Trinajstić information content (AvgIpc) is 2.59. The van der Waals surface area contributed by atoms with Crippen molar-refractivity contribution in [2.45, 2.75) is 13.5 Å². The Balaban J connectivity index is 1.94. The molecule has 1 aromatic heterocycles. The van der Waals surface area contributed by atoms with E-state index in [2.05, 4.69) is 20.9 Å². The fourth-order valence-corrected chi connectivity index (χ4v) is 2.26. The van der Waals surface area contributed by atoms with Crippen molar-refractivity contribution in [1.82, 2.24) is 9.97 Å². The van der Waals surface area contributed by atoms with E-state index in [0.29, 0.717) is 12.6 Å². The molecule has 0 unspecified atom stereocenters. The van der Waals surface area contributed by atoms with Crippen LogP contribution in [0.15, 0.2) is 30.3 Å². The van der Waals surface area contributed by atoms with Gasteiger partial charge in [0.2, 0.25) is 5.95 Å². The lowest BCUT2D eigenvalue weighted by Gasteiger charge is -2.21. The van der Waals surface area contributed by atoms with Gasteiger partial charge in [-0.1, -0.05) is 18.2 Å². The number of fused-ring (bicyclic) bond motifs is 1. The summed E-state index contributed by atoms with van der Waals surface area (Å²) in [5.74, 6) is 2.11. The van der Waals surface area contributed by atoms with E-state index in [-0.39, 0.29) is 0 Å². The molecule has 1 aliphatic rings. The molecular weight excluding hydrogens is 240 g/mol. The SMILES string of the molecule is Cc1cc(N2CCOc3ccccc3C2)nc(N)n1. The molecule has 0 aliphatic carbocycles. The van der Waals surface area contributed by atoms with Crippen LogP contribution in [0, 0.1) is 6.92 Å². The van der Waals surface area contributed by atoms with Gasteiger partial charge < -0.3 is 15.4 Å². The van der Waals surface area contributed by atoms with Gasteiger partial charge >= 0.3 is 0 Å². The van der Waals surface area contributed by atoms with E-state index in [1.165, 1.54) is 0 Å². The first-order valence-corrected chi connectivity index (χ1v) is 6.29. The summed E-state index contributed by atoms with van der Waals surface area (Å²) in [6.07, 6.45) is 0. The molecule has 0 atom stereocenters. The van der Waals surface area contributed by atoms with Crippen LogP contribution < -0.4 is 15.4 Å². The van der Waals surface area contributed by atoms with Crippen molar-refractivity contribution in [3.8, 4) is 5.75 Å². The van der Waals surface area contributed by atoms with E-state index < -0.39 is 0 Å². The second kappa shape index (κ2) is 4.76. The summed E-state index contributed by atoms with van der Waals surface area (Å²) in [7, 11) is 0. The number of rotatable bonds is 1. The van der Waals surface area contributed by atoms with E-state index in [9.17, 15) is 0 Å². The summed E-state index contributed by atoms with van der Waals surface area (Å²) in [4.78, 5) is 10.6. The second-order valence-electron chi connectivity index (χ2n) is 4.60. The fourth-order valence-electron chi connectivity index (χ4n) is 2.26. The number of anilines is 2. The largest absolute Gasteiger partial charge is 0.491 e. The van der Waals surface area contributed by atoms with E-state index in [1.54, 1.807) is 0 Å². The molecule has 5 heteroatoms. The van der Waals surface area contributed by atoms with Gasteiger partial charge in [-0.05, 0) is 13.0 Å². The van der Waals surface area contributed by atoms with Gasteiger partial charge in [0, 0.05) is 23.9 Å². The molecule has 0 amide bonds. The van der Waals surface area contributed by atoms with Crippen LogP contribution in [0.4, 0.5) is 11.8 Å². The van der Waals surface area contributed by atoms with Crippen molar-refractivity contribution in [1.29, 1.82) is 0 Å². The van der Waals surface area contributed by atoms with Gasteiger partial charge in [-0.2, -0.15) is 4.98 Å². The summed E-state index contributed by atoms with van der Waals surface area (Å²) < 4.78 is 5.74. The number of aryl methyl sites for hydroxylation is 1. The molecule has 0 fully saturated rings. The molecule has 1 aromatic carbocycles. The summed E-state index contributed by atoms with van der Waals surface area (Å²) in [6.45, 7) is 4.11. The zero-order valence-electron chi connectivity index (χ0n) is 10.8. The van der Waals surface area contributed by atoms with Gasteiger partial charge in [-0.15, -0.1) is 0 Å². The minimum absolute atomic E-state index is 0.313. The minimum Gasteiger partial charge on any atom is -0.491 e. The molecule has 5 nitrogen and oxygen atoms in total. The number of nitrogens with two attached hydrogens (primary N) is 1. The van der Waals surface area contributed by atoms with Gasteiger partial charge in [0.05, 0.1) is 6.54 Å². The Morgan fingerprint density at radius 1 is 1.26 bits per heavy atom. The standard InChI is InChI=1S/C14H16N4O/c1-10-8-13(17-14(15)16-10)18-6-7-19-12-5-3-2-4-11(12)9-18/h2-5,8H,6-7,9H2,1H3,(H2,15,16,17). The fraction of sp³-hybridized carbons (Fsp3) is 0.286. The maximum absolute atomic E-state index is 5.74. The number of para-hydroxylation sites is 1. The van der Waals surface area contributed by atoms with Crippen LogP contribution in [-0.4, -0.2) is 23.1 Å². The maximum Gasteiger partial charge on any atom is 0.222 e. The highest BCUT2D eigenvalue weighted by Gasteiger charge is 2.16. The van der Waals surface area contributed by atoms with Gasteiger partial charge in [0.15, 0.2) is 0 Å². The lowest BCUT2D eigenvalue weighted by atomic mass is 10.2. The van der Waals surface area contributed by atoms with E-state index in [0.717, 1.165) is 35.9 Å². The Bertz CT molecular complexity index is 579. The summed E-state index contributed by atoms with van der Waals surface area (Å²) in [5.41, 5.74) is 7.76. The monoisotopic (exact) mass is 256 g/mol. The van der Waals surface area contributed by atoms with Crippen LogP contribution in [-0.2, 0) is 6.54 Å². The van der Waals surface area contributed by atoms with Crippen LogP contribution in [0.25, 0.3) is 0 Å². The number of benzene rings is 1. The zero-order chi connectivity index (χ0) is 13.2. The molecular formula is C14H16N4O. The maximum atomic E-state index is 5.74. The second-order valence-corrected chi connectivity index (χ2v) is 4.60. The first-order valence-electron chi connectivity index (χ1n) is 6.29. The van der Waals surface area contributed by atoms with Crippen LogP contribution in [0.1, 0.15) is 11.3 Å². The van der Waals surface area contributed by atoms with E-state index in [1.807, 2.05) is 31.2 Å². The molecule has 0 radical (unpaired) electrons. The summed E-state index contributed by atoms with van der Waals surface area (Å²) in [6, 6.07) is 10.0. The Kier molecular flexibility index (Phi) is 2.95. The van der Waals surface area contributed by atoms with Gasteiger partial charge in [0.25, 0.3) is 0 Å². The van der Waals surface area contributed by atoms with Crippen LogP contribution >= 0.6 is 0 Å². The average molecular weight is 256 g/mol. The number of nitrogens with zero attached hydrogens (tertiary/aromatic N) is 3. The van der Waals surface area contributed by atoms with Crippen LogP contribution in [0.3, 0.4) is 0 Å². The third-order valence-corrected chi connectivity index (χ3v) is 3.13. The number of aromatic nitrogens is 2. The Hall–Kier alpha value is -2.30. The third-order valence-electron chi connectivity index (χ3n) is 3.13. The molecule has 0 saturated heterocycles. The molecule has 2 aromatic rings. The number of hydrogen-bond donors (Lipinski definition) is 1. The van der Waals surface area contributed by atoms with Crippen molar-refractivity contribution in [3.63, 3.8) is 0 Å². The highest BCUT2D eigenvalue weighted by Crippen LogP contribution is 2.25. The predicted octanol–water partition coefficient (Wildman–Crippen LogP) is 1.77. The molecule has 98 valence electrons. The number of hydrogen-bond acceptors (Lipinski definition) is 5. The van der Waals surface area contributed by atoms with Gasteiger partial charge in [-0.25, -0.2) is 4.98 Å². The Labute approximate surface area is 112 Å². The van der Waals surface area contributed by atoms with Crippen molar-refractivity contribution in [3.05, 3.63) is 41.6 Å². The summed E-state index contributed by atoms with van der Waals surface area (Å²) >= 11 is 0. The molecule has 3 rings (SSSR count). The molecule has 2 heterocycles. The third kappa shape index (κ3) is 2.45. The molecule has 2 N–H and O–H groups in total. The normalized spacial score (nSPS) is 14.5. The molecule has 0 bridgehead atoms. The van der Waals surface area contributed by atoms with Crippen LogP contribution in [0.5, 0.6) is 5.75 Å². The smallest absolute Gasteiger partial charge is 0.222 e. The zero-order valence-corrected chi connectivity index (χ0v) is 10.8. The molecule has 1 aliphatic heterocycles. The van der Waals surface area contributed by atoms with E-state index >= 15 is 0 Å². The Morgan fingerprint density at radius 2 is 2.11 bits per heavy atom. The predicted molar refractivity (Wildman–Crippen MR) is 74.2 cm³/mol. The van der Waals surface area contributed by atoms with Crippen molar-refractivity contribution in [2.75, 3.05) is 23.8 Å². The summed E-state index contributed by atoms with van der Waals surface area (Å²) in [5, 5.41) is 0. The highest BCUT2D eigenvalue weighted by atomic mass is 16.5. The lowest BCUT2D eigenvalue weighted by molar-refractivity contribution is 0.331. The van der Waals surface area contributed by atoms with Crippen molar-refractivity contribution in [2.24, 2.45) is 0 Å². The van der Waals surface area contributed by atoms with Gasteiger partial charge in [-0.3, -0.25) is 0 Å². The molecule has 19 heavy (non-hydrogen) atoms. The van der Waals surface area contributed by atoms with Gasteiger partial charge in [0.1, 0.15) is 18.2 Å². The quantitative estimate of drug-likeness (QED) is 0.842. The van der Waals surface area contributed by atoms with Crippen LogP contribution in [0.2, 0.25) is 0 Å². The highest BCUT2D eigenvalue weighted by molar-refractivity contribution is 5.46.